The number of hydrogen-bond donors (Lipinski definition) is 2. The van der Waals surface area contributed by atoms with Crippen LogP contribution in [-0.4, -0.2) is 32.0 Å². The molecule has 30 heavy (non-hydrogen) atoms. The summed E-state index contributed by atoms with van der Waals surface area (Å²) in [5.41, 5.74) is 2.68. The van der Waals surface area contributed by atoms with Crippen molar-refractivity contribution in [2.45, 2.75) is 31.7 Å². The number of rotatable bonds is 8. The van der Waals surface area contributed by atoms with Gasteiger partial charge >= 0.3 is 5.97 Å². The quantitative estimate of drug-likeness (QED) is 0.653. The fourth-order valence-electron chi connectivity index (χ4n) is 3.56. The molecule has 1 aliphatic rings. The van der Waals surface area contributed by atoms with E-state index >= 15 is 0 Å². The molecular formula is C23H26N2O5. The van der Waals surface area contributed by atoms with Gasteiger partial charge in [0.2, 0.25) is 11.8 Å². The molecule has 3 rings (SSSR count). The molecule has 0 aliphatic carbocycles. The van der Waals surface area contributed by atoms with Crippen molar-refractivity contribution >= 4 is 23.5 Å². The summed E-state index contributed by atoms with van der Waals surface area (Å²) in [6.45, 7) is 0. The minimum absolute atomic E-state index is 0.0197. The number of carbonyl (C=O) groups excluding carboxylic acids is 3. The summed E-state index contributed by atoms with van der Waals surface area (Å²) in [6.07, 6.45) is 1.25. The van der Waals surface area contributed by atoms with Crippen molar-refractivity contribution in [2.24, 2.45) is 5.92 Å². The smallest absolute Gasteiger partial charge is 0.307 e. The number of benzene rings is 2. The van der Waals surface area contributed by atoms with Gasteiger partial charge in [-0.3, -0.25) is 14.4 Å². The molecule has 0 radical (unpaired) electrons. The van der Waals surface area contributed by atoms with Gasteiger partial charge < -0.3 is 20.1 Å². The highest BCUT2D eigenvalue weighted by Gasteiger charge is 2.27. The Kier molecular flexibility index (Phi) is 7.06. The first-order valence-corrected chi connectivity index (χ1v) is 9.89. The zero-order valence-electron chi connectivity index (χ0n) is 17.1. The third kappa shape index (κ3) is 5.37. The molecule has 0 aromatic heterocycles. The first-order valence-electron chi connectivity index (χ1n) is 9.89. The van der Waals surface area contributed by atoms with Gasteiger partial charge in [-0.1, -0.05) is 30.3 Å². The predicted octanol–water partition coefficient (Wildman–Crippen LogP) is 3.01. The van der Waals surface area contributed by atoms with Gasteiger partial charge in [-0.15, -0.1) is 0 Å². The van der Waals surface area contributed by atoms with Gasteiger partial charge in [-0.2, -0.15) is 0 Å². The van der Waals surface area contributed by atoms with E-state index in [1.165, 1.54) is 7.11 Å². The van der Waals surface area contributed by atoms with Crippen LogP contribution in [-0.2, 0) is 25.5 Å². The standard InChI is InChI=1S/C23H26N2O5/c1-29-18-10-7-15(8-11-18)20(14-22(27)30-2)24-21(26)12-9-17-13-16-5-3-4-6-19(16)25-23(17)28/h3-8,10-11,17,20H,9,12-14H2,1-2H3,(H,24,26)(H,25,28). The molecule has 0 saturated heterocycles. The van der Waals surface area contributed by atoms with Crippen molar-refractivity contribution < 1.29 is 23.9 Å². The van der Waals surface area contributed by atoms with Crippen LogP contribution in [0.2, 0.25) is 0 Å². The van der Waals surface area contributed by atoms with Gasteiger partial charge in [0, 0.05) is 18.0 Å². The average molecular weight is 410 g/mol. The molecule has 2 N–H and O–H groups in total. The number of anilines is 1. The number of ether oxygens (including phenoxy) is 2. The van der Waals surface area contributed by atoms with E-state index in [1.54, 1.807) is 31.4 Å². The highest BCUT2D eigenvalue weighted by atomic mass is 16.5. The molecule has 2 unspecified atom stereocenters. The number of hydrogen-bond acceptors (Lipinski definition) is 5. The number of methoxy groups -OCH3 is 2. The summed E-state index contributed by atoms with van der Waals surface area (Å²) in [5.74, 6) is -0.273. The average Bonchev–Trinajstić information content (AvgIpc) is 2.77. The predicted molar refractivity (Wildman–Crippen MR) is 112 cm³/mol. The maximum Gasteiger partial charge on any atom is 0.307 e. The number of amides is 2. The van der Waals surface area contributed by atoms with E-state index in [0.717, 1.165) is 16.8 Å². The molecule has 0 saturated carbocycles. The summed E-state index contributed by atoms with van der Waals surface area (Å²) in [4.78, 5) is 36.8. The Labute approximate surface area is 175 Å². The molecule has 0 fully saturated rings. The summed E-state index contributed by atoms with van der Waals surface area (Å²) in [5, 5.41) is 5.80. The number of para-hydroxylation sites is 1. The van der Waals surface area contributed by atoms with Gasteiger partial charge in [0.25, 0.3) is 0 Å². The first kappa shape index (κ1) is 21.4. The summed E-state index contributed by atoms with van der Waals surface area (Å²) in [6, 6.07) is 14.3. The first-order chi connectivity index (χ1) is 14.5. The number of carbonyl (C=O) groups is 3. The Morgan fingerprint density at radius 3 is 2.57 bits per heavy atom. The SMILES string of the molecule is COC(=O)CC(NC(=O)CCC1Cc2ccccc2NC1=O)c1ccc(OC)cc1. The van der Waals surface area contributed by atoms with Crippen molar-refractivity contribution in [2.75, 3.05) is 19.5 Å². The van der Waals surface area contributed by atoms with Crippen molar-refractivity contribution in [3.63, 3.8) is 0 Å². The van der Waals surface area contributed by atoms with Crippen LogP contribution in [0.25, 0.3) is 0 Å². The molecule has 7 heteroatoms. The molecular weight excluding hydrogens is 384 g/mol. The van der Waals surface area contributed by atoms with Gasteiger partial charge in [0.05, 0.1) is 26.7 Å². The zero-order valence-corrected chi connectivity index (χ0v) is 17.1. The second-order valence-electron chi connectivity index (χ2n) is 7.26. The van der Waals surface area contributed by atoms with Gasteiger partial charge in [-0.05, 0) is 42.2 Å². The molecule has 1 heterocycles. The summed E-state index contributed by atoms with van der Waals surface area (Å²) in [7, 11) is 2.89. The minimum Gasteiger partial charge on any atom is -0.497 e. The van der Waals surface area contributed by atoms with E-state index in [4.69, 9.17) is 9.47 Å². The van der Waals surface area contributed by atoms with Crippen LogP contribution in [0.5, 0.6) is 5.75 Å². The lowest BCUT2D eigenvalue weighted by atomic mass is 9.89. The lowest BCUT2D eigenvalue weighted by Gasteiger charge is -2.25. The lowest BCUT2D eigenvalue weighted by Crippen LogP contribution is -2.33. The number of esters is 1. The Balaban J connectivity index is 1.61. The lowest BCUT2D eigenvalue weighted by molar-refractivity contribution is -0.141. The molecule has 158 valence electrons. The van der Waals surface area contributed by atoms with Gasteiger partial charge in [0.15, 0.2) is 0 Å². The second-order valence-corrected chi connectivity index (χ2v) is 7.26. The van der Waals surface area contributed by atoms with Crippen molar-refractivity contribution in [1.29, 1.82) is 0 Å². The molecule has 2 amide bonds. The van der Waals surface area contributed by atoms with Crippen molar-refractivity contribution in [3.8, 4) is 5.75 Å². The second kappa shape index (κ2) is 9.91. The number of fused-ring (bicyclic) bond motifs is 1. The van der Waals surface area contributed by atoms with Crippen LogP contribution in [0.15, 0.2) is 48.5 Å². The normalized spacial score (nSPS) is 16.1. The van der Waals surface area contributed by atoms with Crippen LogP contribution < -0.4 is 15.4 Å². The number of nitrogens with one attached hydrogen (secondary N) is 2. The fraction of sp³-hybridized carbons (Fsp3) is 0.348. The maximum atomic E-state index is 12.6. The van der Waals surface area contributed by atoms with E-state index in [1.807, 2.05) is 24.3 Å². The van der Waals surface area contributed by atoms with Crippen LogP contribution in [0, 0.1) is 5.92 Å². The van der Waals surface area contributed by atoms with Crippen LogP contribution >= 0.6 is 0 Å². The third-order valence-corrected chi connectivity index (χ3v) is 5.28. The Morgan fingerprint density at radius 2 is 1.87 bits per heavy atom. The highest BCUT2D eigenvalue weighted by molar-refractivity contribution is 5.96. The van der Waals surface area contributed by atoms with Gasteiger partial charge in [0.1, 0.15) is 5.75 Å². The van der Waals surface area contributed by atoms with E-state index in [2.05, 4.69) is 10.6 Å². The molecule has 2 atom stereocenters. The Bertz CT molecular complexity index is 910. The summed E-state index contributed by atoms with van der Waals surface area (Å²) < 4.78 is 9.92. The zero-order chi connectivity index (χ0) is 21.5. The van der Waals surface area contributed by atoms with Crippen LogP contribution in [0.1, 0.15) is 36.4 Å². The highest BCUT2D eigenvalue weighted by Crippen LogP contribution is 2.28. The molecule has 2 aromatic rings. The van der Waals surface area contributed by atoms with Crippen molar-refractivity contribution in [3.05, 3.63) is 59.7 Å². The van der Waals surface area contributed by atoms with Crippen LogP contribution in [0.3, 0.4) is 0 Å². The Morgan fingerprint density at radius 1 is 1.13 bits per heavy atom. The van der Waals surface area contributed by atoms with E-state index < -0.39 is 12.0 Å². The van der Waals surface area contributed by atoms with E-state index in [9.17, 15) is 14.4 Å². The largest absolute Gasteiger partial charge is 0.497 e. The van der Waals surface area contributed by atoms with Crippen molar-refractivity contribution in [1.82, 2.24) is 5.32 Å². The Hall–Kier alpha value is -3.35. The molecule has 7 nitrogen and oxygen atoms in total. The topological polar surface area (TPSA) is 93.7 Å². The third-order valence-electron chi connectivity index (χ3n) is 5.28. The maximum absolute atomic E-state index is 12.6. The fourth-order valence-corrected chi connectivity index (χ4v) is 3.56. The van der Waals surface area contributed by atoms with Crippen LogP contribution in [0.4, 0.5) is 5.69 Å². The molecule has 0 bridgehead atoms. The molecule has 0 spiro atoms. The monoisotopic (exact) mass is 410 g/mol. The minimum atomic E-state index is -0.517. The summed E-state index contributed by atoms with van der Waals surface area (Å²) >= 11 is 0. The van der Waals surface area contributed by atoms with E-state index in [-0.39, 0.29) is 30.6 Å². The van der Waals surface area contributed by atoms with E-state index in [0.29, 0.717) is 18.6 Å². The molecule has 1 aliphatic heterocycles. The molecule has 2 aromatic carbocycles. The van der Waals surface area contributed by atoms with Gasteiger partial charge in [-0.25, -0.2) is 0 Å².